The molecule has 4 heteroatoms. The summed E-state index contributed by atoms with van der Waals surface area (Å²) < 4.78 is 0. The van der Waals surface area contributed by atoms with Crippen molar-refractivity contribution in [2.75, 3.05) is 32.7 Å². The van der Waals surface area contributed by atoms with E-state index in [4.69, 9.17) is 0 Å². The number of amides is 1. The summed E-state index contributed by atoms with van der Waals surface area (Å²) in [5.74, 6) is 0.177. The minimum absolute atomic E-state index is 0.177. The van der Waals surface area contributed by atoms with E-state index in [2.05, 4.69) is 15.5 Å². The first kappa shape index (κ1) is 12.8. The van der Waals surface area contributed by atoms with Gasteiger partial charge in [0.1, 0.15) is 0 Å². The van der Waals surface area contributed by atoms with Gasteiger partial charge < -0.3 is 15.5 Å². The maximum atomic E-state index is 12.1. The Morgan fingerprint density at radius 1 is 1.29 bits per heavy atom. The van der Waals surface area contributed by atoms with Crippen molar-refractivity contribution in [1.29, 1.82) is 0 Å². The van der Waals surface area contributed by atoms with Crippen LogP contribution in [0.2, 0.25) is 0 Å². The molecule has 2 N–H and O–H groups in total. The predicted octanol–water partition coefficient (Wildman–Crippen LogP) is 0.731. The monoisotopic (exact) mass is 239 g/mol. The Bertz CT molecular complexity index is 255. The van der Waals surface area contributed by atoms with Gasteiger partial charge in [0.15, 0.2) is 0 Å². The molecule has 2 aliphatic rings. The van der Waals surface area contributed by atoms with Crippen molar-refractivity contribution in [3.05, 3.63) is 0 Å². The lowest BCUT2D eigenvalue weighted by Gasteiger charge is -2.33. The van der Waals surface area contributed by atoms with Crippen molar-refractivity contribution < 1.29 is 4.79 Å². The molecule has 0 aromatic rings. The molecule has 0 spiro atoms. The zero-order chi connectivity index (χ0) is 12.1. The SMILES string of the molecule is CC1(C(=O)NCCN2CCCC2)CCCCN1. The van der Waals surface area contributed by atoms with Crippen LogP contribution in [-0.4, -0.2) is 49.1 Å². The summed E-state index contributed by atoms with van der Waals surface area (Å²) in [6.45, 7) is 7.18. The van der Waals surface area contributed by atoms with E-state index >= 15 is 0 Å². The van der Waals surface area contributed by atoms with Crippen LogP contribution in [0, 0.1) is 0 Å². The van der Waals surface area contributed by atoms with Crippen molar-refractivity contribution in [2.45, 2.75) is 44.6 Å². The summed E-state index contributed by atoms with van der Waals surface area (Å²) >= 11 is 0. The quantitative estimate of drug-likeness (QED) is 0.760. The molecule has 0 aromatic heterocycles. The fraction of sp³-hybridized carbons (Fsp3) is 0.923. The van der Waals surface area contributed by atoms with Crippen molar-refractivity contribution in [3.63, 3.8) is 0 Å². The predicted molar refractivity (Wildman–Crippen MR) is 68.9 cm³/mol. The Kier molecular flexibility index (Phi) is 4.40. The molecule has 1 atom stereocenters. The number of hydrogen-bond donors (Lipinski definition) is 2. The number of likely N-dealkylation sites (tertiary alicyclic amines) is 1. The number of nitrogens with zero attached hydrogens (tertiary/aromatic N) is 1. The highest BCUT2D eigenvalue weighted by molar-refractivity contribution is 5.85. The Morgan fingerprint density at radius 2 is 2.06 bits per heavy atom. The molecule has 17 heavy (non-hydrogen) atoms. The van der Waals surface area contributed by atoms with Crippen LogP contribution in [0.15, 0.2) is 0 Å². The normalized spacial score (nSPS) is 30.4. The summed E-state index contributed by atoms with van der Waals surface area (Å²) in [5.41, 5.74) is -0.330. The number of rotatable bonds is 4. The van der Waals surface area contributed by atoms with Gasteiger partial charge in [0, 0.05) is 13.1 Å². The lowest BCUT2D eigenvalue weighted by Crippen LogP contribution is -2.57. The fourth-order valence-electron chi connectivity index (χ4n) is 2.78. The number of nitrogens with one attached hydrogen (secondary N) is 2. The smallest absolute Gasteiger partial charge is 0.240 e. The van der Waals surface area contributed by atoms with Crippen LogP contribution in [0.3, 0.4) is 0 Å². The summed E-state index contributed by atoms with van der Waals surface area (Å²) in [5, 5.41) is 6.42. The second-order valence-corrected chi connectivity index (χ2v) is 5.52. The molecule has 1 amide bonds. The second kappa shape index (κ2) is 5.83. The van der Waals surface area contributed by atoms with Crippen LogP contribution in [0.5, 0.6) is 0 Å². The molecule has 2 aliphatic heterocycles. The molecule has 0 bridgehead atoms. The average molecular weight is 239 g/mol. The largest absolute Gasteiger partial charge is 0.353 e. The zero-order valence-corrected chi connectivity index (χ0v) is 10.9. The van der Waals surface area contributed by atoms with E-state index in [1.54, 1.807) is 0 Å². The van der Waals surface area contributed by atoms with E-state index in [0.29, 0.717) is 0 Å². The van der Waals surface area contributed by atoms with Gasteiger partial charge in [-0.1, -0.05) is 0 Å². The summed E-state index contributed by atoms with van der Waals surface area (Å²) in [4.78, 5) is 14.5. The number of piperidine rings is 1. The first-order chi connectivity index (χ1) is 8.21. The third kappa shape index (κ3) is 3.42. The number of carbonyl (C=O) groups is 1. The Labute approximate surface area is 104 Å². The van der Waals surface area contributed by atoms with Gasteiger partial charge in [-0.25, -0.2) is 0 Å². The molecule has 2 saturated heterocycles. The molecule has 0 saturated carbocycles. The van der Waals surface area contributed by atoms with Crippen LogP contribution in [0.25, 0.3) is 0 Å². The molecule has 2 heterocycles. The fourth-order valence-corrected chi connectivity index (χ4v) is 2.78. The van der Waals surface area contributed by atoms with Gasteiger partial charge in [0.05, 0.1) is 5.54 Å². The molecule has 0 aromatic carbocycles. The van der Waals surface area contributed by atoms with Gasteiger partial charge in [0.25, 0.3) is 0 Å². The summed E-state index contributed by atoms with van der Waals surface area (Å²) in [6, 6.07) is 0. The van der Waals surface area contributed by atoms with Crippen molar-refractivity contribution in [2.24, 2.45) is 0 Å². The minimum atomic E-state index is -0.330. The number of hydrogen-bond acceptors (Lipinski definition) is 3. The molecule has 2 rings (SSSR count). The van der Waals surface area contributed by atoms with Crippen molar-refractivity contribution in [1.82, 2.24) is 15.5 Å². The summed E-state index contributed by atoms with van der Waals surface area (Å²) in [7, 11) is 0. The highest BCUT2D eigenvalue weighted by Crippen LogP contribution is 2.18. The highest BCUT2D eigenvalue weighted by atomic mass is 16.2. The van der Waals surface area contributed by atoms with Gasteiger partial charge in [-0.2, -0.15) is 0 Å². The minimum Gasteiger partial charge on any atom is -0.353 e. The molecule has 2 fully saturated rings. The van der Waals surface area contributed by atoms with E-state index in [0.717, 1.165) is 32.5 Å². The van der Waals surface area contributed by atoms with E-state index in [1.807, 2.05) is 6.92 Å². The molecular formula is C13H25N3O. The van der Waals surface area contributed by atoms with Crippen LogP contribution in [0.1, 0.15) is 39.0 Å². The van der Waals surface area contributed by atoms with Crippen LogP contribution < -0.4 is 10.6 Å². The first-order valence-corrected chi connectivity index (χ1v) is 6.96. The van der Waals surface area contributed by atoms with Crippen LogP contribution in [-0.2, 0) is 4.79 Å². The lowest BCUT2D eigenvalue weighted by atomic mass is 9.90. The maximum absolute atomic E-state index is 12.1. The zero-order valence-electron chi connectivity index (χ0n) is 10.9. The van der Waals surface area contributed by atoms with E-state index in [9.17, 15) is 4.79 Å². The van der Waals surface area contributed by atoms with E-state index in [-0.39, 0.29) is 11.4 Å². The van der Waals surface area contributed by atoms with E-state index < -0.39 is 0 Å². The Balaban J connectivity index is 1.68. The second-order valence-electron chi connectivity index (χ2n) is 5.52. The molecule has 0 aliphatic carbocycles. The Morgan fingerprint density at radius 3 is 2.71 bits per heavy atom. The first-order valence-electron chi connectivity index (χ1n) is 6.96. The molecule has 4 nitrogen and oxygen atoms in total. The molecule has 98 valence electrons. The highest BCUT2D eigenvalue weighted by Gasteiger charge is 2.33. The van der Waals surface area contributed by atoms with E-state index in [1.165, 1.54) is 32.4 Å². The number of carbonyl (C=O) groups excluding carboxylic acids is 1. The third-order valence-corrected chi connectivity index (χ3v) is 4.03. The van der Waals surface area contributed by atoms with Gasteiger partial charge in [-0.15, -0.1) is 0 Å². The molecule has 1 unspecified atom stereocenters. The van der Waals surface area contributed by atoms with Crippen molar-refractivity contribution in [3.8, 4) is 0 Å². The topological polar surface area (TPSA) is 44.4 Å². The third-order valence-electron chi connectivity index (χ3n) is 4.03. The van der Waals surface area contributed by atoms with Crippen LogP contribution >= 0.6 is 0 Å². The van der Waals surface area contributed by atoms with Gasteiger partial charge in [-0.05, 0) is 58.7 Å². The van der Waals surface area contributed by atoms with Gasteiger partial charge in [-0.3, -0.25) is 4.79 Å². The average Bonchev–Trinajstić information content (AvgIpc) is 2.83. The lowest BCUT2D eigenvalue weighted by molar-refractivity contribution is -0.127. The summed E-state index contributed by atoms with van der Waals surface area (Å²) in [6.07, 6.45) is 5.93. The molecule has 0 radical (unpaired) electrons. The van der Waals surface area contributed by atoms with Gasteiger partial charge in [0.2, 0.25) is 5.91 Å². The molecular weight excluding hydrogens is 214 g/mol. The van der Waals surface area contributed by atoms with Gasteiger partial charge >= 0.3 is 0 Å². The maximum Gasteiger partial charge on any atom is 0.240 e. The van der Waals surface area contributed by atoms with Crippen LogP contribution in [0.4, 0.5) is 0 Å². The van der Waals surface area contributed by atoms with Crippen molar-refractivity contribution >= 4 is 5.91 Å². The Hall–Kier alpha value is -0.610. The standard InChI is InChI=1S/C13H25N3O/c1-13(6-2-3-7-15-13)12(17)14-8-11-16-9-4-5-10-16/h15H,2-11H2,1H3,(H,14,17).